The van der Waals surface area contributed by atoms with Crippen molar-refractivity contribution in [1.29, 1.82) is 0 Å². The van der Waals surface area contributed by atoms with Crippen molar-refractivity contribution < 1.29 is 24.0 Å². The van der Waals surface area contributed by atoms with Crippen molar-refractivity contribution in [2.45, 2.75) is 37.1 Å². The molecule has 192 valence electrons. The van der Waals surface area contributed by atoms with Gasteiger partial charge in [-0.2, -0.15) is 0 Å². The van der Waals surface area contributed by atoms with Crippen molar-refractivity contribution in [3.05, 3.63) is 120 Å². The lowest BCUT2D eigenvalue weighted by Gasteiger charge is -2.37. The number of amides is 1. The number of aliphatic hydroxyl groups is 1. The molecule has 0 bridgehead atoms. The van der Waals surface area contributed by atoms with Crippen molar-refractivity contribution in [3.8, 4) is 0 Å². The van der Waals surface area contributed by atoms with E-state index in [2.05, 4.69) is 11.9 Å². The van der Waals surface area contributed by atoms with Crippen LogP contribution >= 0.6 is 8.46 Å². The third-order valence-electron chi connectivity index (χ3n) is 6.39. The summed E-state index contributed by atoms with van der Waals surface area (Å²) in [5.74, 6) is -2.17. The molecule has 0 aliphatic carbocycles. The molecule has 3 rings (SSSR count). The molecule has 3 unspecified atom stereocenters. The number of esters is 1. The van der Waals surface area contributed by atoms with Gasteiger partial charge in [0.15, 0.2) is 0 Å². The Morgan fingerprint density at radius 3 is 1.78 bits per heavy atom. The van der Waals surface area contributed by atoms with E-state index in [0.29, 0.717) is 0 Å². The molecule has 3 aromatic carbocycles. The number of hydrogen-bond acceptors (Lipinski definition) is 5. The van der Waals surface area contributed by atoms with Crippen LogP contribution in [-0.4, -0.2) is 28.9 Å². The molecule has 0 spiro atoms. The predicted molar refractivity (Wildman–Crippen MR) is 145 cm³/mol. The lowest BCUT2D eigenvalue weighted by Crippen LogP contribution is -2.48. The van der Waals surface area contributed by atoms with Crippen molar-refractivity contribution >= 4 is 20.3 Å². The zero-order chi connectivity index (χ0) is 26.7. The van der Waals surface area contributed by atoms with Crippen LogP contribution in [0.25, 0.3) is 0 Å². The van der Waals surface area contributed by atoms with Gasteiger partial charge in [0.25, 0.3) is 5.34 Å². The van der Waals surface area contributed by atoms with Crippen LogP contribution < -0.4 is 5.32 Å². The van der Waals surface area contributed by atoms with Crippen LogP contribution in [0.4, 0.5) is 0 Å². The van der Waals surface area contributed by atoms with Crippen LogP contribution in [-0.2, 0) is 24.4 Å². The fraction of sp³-hybridized carbons (Fsp3) is 0.267. The second kappa shape index (κ2) is 13.1. The highest BCUT2D eigenvalue weighted by Gasteiger charge is 2.49. The number of nitrogens with one attached hydrogen (secondary N) is 1. The van der Waals surface area contributed by atoms with Gasteiger partial charge in [0, 0.05) is 12.8 Å². The molecule has 2 N–H and O–H groups in total. The van der Waals surface area contributed by atoms with Gasteiger partial charge in [-0.25, -0.2) is 0 Å². The first-order chi connectivity index (χ1) is 17.9. The summed E-state index contributed by atoms with van der Waals surface area (Å²) in [6.45, 7) is 5.36. The minimum Gasteiger partial charge on any atom is -0.466 e. The van der Waals surface area contributed by atoms with E-state index < -0.39 is 31.2 Å². The molecule has 0 fully saturated rings. The molecule has 0 heterocycles. The fourth-order valence-corrected chi connectivity index (χ4v) is 5.23. The number of benzene rings is 3. The van der Waals surface area contributed by atoms with Gasteiger partial charge in [-0.15, -0.1) is 6.58 Å². The third kappa shape index (κ3) is 6.40. The van der Waals surface area contributed by atoms with Gasteiger partial charge in [0.2, 0.25) is 5.91 Å². The zero-order valence-corrected chi connectivity index (χ0v) is 21.9. The monoisotopic (exact) mass is 518 g/mol. The number of carbonyl (C=O) groups is 2. The largest absolute Gasteiger partial charge is 0.466 e. The molecule has 1 amide bonds. The number of rotatable bonds is 13. The molecule has 3 aromatic rings. The first-order valence-electron chi connectivity index (χ1n) is 12.3. The van der Waals surface area contributed by atoms with Crippen molar-refractivity contribution in [2.24, 2.45) is 5.92 Å². The topological polar surface area (TPSA) is 92.7 Å². The van der Waals surface area contributed by atoms with E-state index in [9.17, 15) is 19.3 Å². The summed E-state index contributed by atoms with van der Waals surface area (Å²) < 4.78 is 17.1. The van der Waals surface area contributed by atoms with E-state index in [1.807, 2.05) is 91.0 Å². The highest BCUT2D eigenvalue weighted by molar-refractivity contribution is 7.25. The second-order valence-corrected chi connectivity index (χ2v) is 9.83. The van der Waals surface area contributed by atoms with Gasteiger partial charge in [-0.1, -0.05) is 102 Å². The maximum absolute atomic E-state index is 13.6. The molecule has 0 aromatic heterocycles. The summed E-state index contributed by atoms with van der Waals surface area (Å²) in [7, 11) is -1.19. The molecular weight excluding hydrogens is 485 g/mol. The smallest absolute Gasteiger partial charge is 0.360 e. The second-order valence-electron chi connectivity index (χ2n) is 8.76. The first-order valence-corrected chi connectivity index (χ1v) is 13.2. The first kappa shape index (κ1) is 28.0. The average molecular weight is 519 g/mol. The summed E-state index contributed by atoms with van der Waals surface area (Å²) in [6, 6.07) is 29.0. The van der Waals surface area contributed by atoms with Gasteiger partial charge in [0.1, 0.15) is 11.5 Å². The molecular formula is C30H33NO5P+. The number of hydrogen-bond donors (Lipinski definition) is 2. The van der Waals surface area contributed by atoms with Crippen molar-refractivity contribution in [1.82, 2.24) is 5.32 Å². The Bertz CT molecular complexity index is 1090. The van der Waals surface area contributed by atoms with Gasteiger partial charge in [-0.05, 0) is 30.0 Å². The Hall–Kier alpha value is -3.60. The summed E-state index contributed by atoms with van der Waals surface area (Å²) in [5, 5.41) is 12.3. The van der Waals surface area contributed by atoms with E-state index in [1.54, 1.807) is 6.92 Å². The van der Waals surface area contributed by atoms with E-state index in [1.165, 1.54) is 6.08 Å². The summed E-state index contributed by atoms with van der Waals surface area (Å²) >= 11 is 0. The van der Waals surface area contributed by atoms with E-state index in [4.69, 9.17) is 4.74 Å². The minimum atomic E-state index is -1.86. The summed E-state index contributed by atoms with van der Waals surface area (Å²) in [4.78, 5) is 26.3. The number of carbonyl (C=O) groups excluding carboxylic acids is 2. The SMILES string of the molecule is C=CCC(O)([PH+]=O)C(CCC(=O)NC(c1ccccc1)(c1ccccc1)c1ccccc1)C(=O)OCC. The Morgan fingerprint density at radius 2 is 1.41 bits per heavy atom. The normalized spacial score (nSPS) is 13.8. The lowest BCUT2D eigenvalue weighted by molar-refractivity contribution is -0.154. The third-order valence-corrected chi connectivity index (χ3v) is 7.29. The van der Waals surface area contributed by atoms with Gasteiger partial charge >= 0.3 is 14.4 Å². The van der Waals surface area contributed by atoms with Crippen LogP contribution in [0.2, 0.25) is 0 Å². The van der Waals surface area contributed by atoms with Gasteiger partial charge in [0.05, 0.1) is 6.61 Å². The quantitative estimate of drug-likeness (QED) is 0.138. The maximum Gasteiger partial charge on any atom is 0.360 e. The molecule has 6 nitrogen and oxygen atoms in total. The highest BCUT2D eigenvalue weighted by atomic mass is 31.1. The Balaban J connectivity index is 2.01. The van der Waals surface area contributed by atoms with Gasteiger partial charge < -0.3 is 15.2 Å². The van der Waals surface area contributed by atoms with E-state index >= 15 is 0 Å². The molecule has 0 saturated heterocycles. The molecule has 0 saturated carbocycles. The van der Waals surface area contributed by atoms with E-state index in [-0.39, 0.29) is 31.8 Å². The maximum atomic E-state index is 13.6. The minimum absolute atomic E-state index is 0.0430. The molecule has 0 aliphatic rings. The van der Waals surface area contributed by atoms with Gasteiger partial charge in [-0.3, -0.25) is 9.59 Å². The summed E-state index contributed by atoms with van der Waals surface area (Å²) in [6.07, 6.45) is 1.20. The number of ether oxygens (including phenoxy) is 1. The fourth-order valence-electron chi connectivity index (χ4n) is 4.60. The van der Waals surface area contributed by atoms with E-state index in [0.717, 1.165) is 16.7 Å². The Labute approximate surface area is 219 Å². The zero-order valence-electron chi connectivity index (χ0n) is 20.9. The van der Waals surface area contributed by atoms with Crippen LogP contribution in [0, 0.1) is 5.92 Å². The molecule has 7 heteroatoms. The Morgan fingerprint density at radius 1 is 0.946 bits per heavy atom. The standard InChI is InChI=1S/C30H32NO5P/c1-3-22-29(34,37-35)26(28(33)36-4-2)20-21-27(32)31-30(23-14-8-5-9-15-23,24-16-10-6-11-17-24)25-18-12-7-13-19-25/h3,5-19,26,34H,1,4,20-22H2,2H3,(H,31,32)/p+1. The molecule has 0 aliphatic heterocycles. The molecule has 37 heavy (non-hydrogen) atoms. The Kier molecular flexibility index (Phi) is 9.90. The summed E-state index contributed by atoms with van der Waals surface area (Å²) in [5.41, 5.74) is 1.60. The lowest BCUT2D eigenvalue weighted by atomic mass is 9.76. The van der Waals surface area contributed by atoms with Crippen LogP contribution in [0.5, 0.6) is 0 Å². The molecule has 0 radical (unpaired) electrons. The highest BCUT2D eigenvalue weighted by Crippen LogP contribution is 2.39. The molecule has 3 atom stereocenters. The van der Waals surface area contributed by atoms with Crippen LogP contribution in [0.1, 0.15) is 42.9 Å². The van der Waals surface area contributed by atoms with Crippen LogP contribution in [0.3, 0.4) is 0 Å². The average Bonchev–Trinajstić information content (AvgIpc) is 2.93. The van der Waals surface area contributed by atoms with Crippen molar-refractivity contribution in [2.75, 3.05) is 6.61 Å². The van der Waals surface area contributed by atoms with Crippen molar-refractivity contribution in [3.63, 3.8) is 0 Å². The predicted octanol–water partition coefficient (Wildman–Crippen LogP) is 5.34. The van der Waals surface area contributed by atoms with Crippen LogP contribution in [0.15, 0.2) is 104 Å².